The minimum atomic E-state index is 0.124. The van der Waals surface area contributed by atoms with E-state index < -0.39 is 0 Å². The third kappa shape index (κ3) is 4.85. The molecule has 88 valence electrons. The van der Waals surface area contributed by atoms with Crippen LogP contribution >= 0.6 is 11.6 Å². The molecule has 0 aromatic heterocycles. The molecule has 1 saturated carbocycles. The third-order valence-electron chi connectivity index (χ3n) is 2.99. The molecule has 0 aliphatic heterocycles. The predicted molar refractivity (Wildman–Crippen MR) is 61.1 cm³/mol. The molecule has 0 aromatic rings. The maximum absolute atomic E-state index is 11.3. The van der Waals surface area contributed by atoms with Gasteiger partial charge in [-0.3, -0.25) is 4.79 Å². The summed E-state index contributed by atoms with van der Waals surface area (Å²) in [5.74, 6) is 0.682. The topological polar surface area (TPSA) is 38.3 Å². The van der Waals surface area contributed by atoms with Crippen molar-refractivity contribution >= 4 is 17.5 Å². The van der Waals surface area contributed by atoms with Gasteiger partial charge in [0.2, 0.25) is 5.91 Å². The molecule has 0 bridgehead atoms. The molecular weight excluding hydrogens is 214 g/mol. The number of hydrogen-bond donors (Lipinski definition) is 1. The van der Waals surface area contributed by atoms with Gasteiger partial charge in [-0.2, -0.15) is 0 Å². The zero-order chi connectivity index (χ0) is 11.1. The number of methoxy groups -OCH3 is 1. The van der Waals surface area contributed by atoms with Crippen molar-refractivity contribution in [3.8, 4) is 0 Å². The molecule has 1 fully saturated rings. The lowest BCUT2D eigenvalue weighted by molar-refractivity contribution is -0.121. The molecule has 1 aliphatic rings. The van der Waals surface area contributed by atoms with Crippen LogP contribution in [0.3, 0.4) is 0 Å². The van der Waals surface area contributed by atoms with E-state index in [4.69, 9.17) is 16.3 Å². The van der Waals surface area contributed by atoms with Gasteiger partial charge in [-0.25, -0.2) is 0 Å². The molecule has 0 unspecified atom stereocenters. The van der Waals surface area contributed by atoms with Crippen LogP contribution < -0.4 is 5.32 Å². The van der Waals surface area contributed by atoms with Gasteiger partial charge in [-0.15, -0.1) is 11.6 Å². The zero-order valence-corrected chi connectivity index (χ0v) is 10.1. The second kappa shape index (κ2) is 6.33. The number of ether oxygens (including phenoxy) is 1. The SMILES string of the molecule is COCCC1(CNC(=O)CCCCl)CC1. The van der Waals surface area contributed by atoms with E-state index in [1.807, 2.05) is 0 Å². The zero-order valence-electron chi connectivity index (χ0n) is 9.35. The average Bonchev–Trinajstić information content (AvgIpc) is 3.01. The van der Waals surface area contributed by atoms with Gasteiger partial charge in [0.15, 0.2) is 0 Å². The first kappa shape index (κ1) is 12.8. The van der Waals surface area contributed by atoms with Crippen LogP contribution in [0.15, 0.2) is 0 Å². The molecule has 3 nitrogen and oxygen atoms in total. The second-order valence-electron chi connectivity index (χ2n) is 4.31. The van der Waals surface area contributed by atoms with Crippen LogP contribution in [0.1, 0.15) is 32.1 Å². The van der Waals surface area contributed by atoms with E-state index in [-0.39, 0.29) is 5.91 Å². The van der Waals surface area contributed by atoms with Crippen molar-refractivity contribution in [2.45, 2.75) is 32.1 Å². The minimum absolute atomic E-state index is 0.124. The Labute approximate surface area is 96.5 Å². The Morgan fingerprint density at radius 1 is 1.53 bits per heavy atom. The number of carbonyl (C=O) groups is 1. The average molecular weight is 234 g/mol. The standard InChI is InChI=1S/C11H20ClNO2/c1-15-8-6-11(4-5-11)9-13-10(14)3-2-7-12/h2-9H2,1H3,(H,13,14). The fourth-order valence-electron chi connectivity index (χ4n) is 1.61. The molecule has 0 radical (unpaired) electrons. The Morgan fingerprint density at radius 3 is 2.80 bits per heavy atom. The number of nitrogens with one attached hydrogen (secondary N) is 1. The van der Waals surface area contributed by atoms with Gasteiger partial charge in [-0.1, -0.05) is 0 Å². The molecule has 4 heteroatoms. The van der Waals surface area contributed by atoms with Crippen molar-refractivity contribution in [1.29, 1.82) is 0 Å². The quantitative estimate of drug-likeness (QED) is 0.651. The maximum Gasteiger partial charge on any atom is 0.220 e. The molecule has 0 heterocycles. The van der Waals surface area contributed by atoms with Gasteiger partial charge in [-0.05, 0) is 31.1 Å². The highest BCUT2D eigenvalue weighted by atomic mass is 35.5. The molecule has 1 amide bonds. The van der Waals surface area contributed by atoms with E-state index in [9.17, 15) is 4.79 Å². The lowest BCUT2D eigenvalue weighted by Crippen LogP contribution is -2.30. The first-order valence-electron chi connectivity index (χ1n) is 5.54. The molecule has 1 N–H and O–H groups in total. The Morgan fingerprint density at radius 2 is 2.27 bits per heavy atom. The van der Waals surface area contributed by atoms with Gasteiger partial charge in [0.25, 0.3) is 0 Å². The highest BCUT2D eigenvalue weighted by Gasteiger charge is 2.41. The van der Waals surface area contributed by atoms with E-state index in [1.54, 1.807) is 7.11 Å². The van der Waals surface area contributed by atoms with E-state index >= 15 is 0 Å². The van der Waals surface area contributed by atoms with Gasteiger partial charge >= 0.3 is 0 Å². The predicted octanol–water partition coefficient (Wildman–Crippen LogP) is 1.94. The maximum atomic E-state index is 11.3. The highest BCUT2D eigenvalue weighted by Crippen LogP contribution is 2.48. The van der Waals surface area contributed by atoms with Gasteiger partial charge in [0.1, 0.15) is 0 Å². The minimum Gasteiger partial charge on any atom is -0.385 e. The molecule has 0 atom stereocenters. The lowest BCUT2D eigenvalue weighted by atomic mass is 10.0. The van der Waals surface area contributed by atoms with Crippen molar-refractivity contribution < 1.29 is 9.53 Å². The van der Waals surface area contributed by atoms with Crippen molar-refractivity contribution in [2.24, 2.45) is 5.41 Å². The fraction of sp³-hybridized carbons (Fsp3) is 0.909. The number of alkyl halides is 1. The Balaban J connectivity index is 2.10. The number of halogens is 1. The summed E-state index contributed by atoms with van der Waals surface area (Å²) in [6.45, 7) is 1.59. The monoisotopic (exact) mass is 233 g/mol. The summed E-state index contributed by atoms with van der Waals surface area (Å²) >= 11 is 5.52. The normalized spacial score (nSPS) is 17.5. The summed E-state index contributed by atoms with van der Waals surface area (Å²) in [5.41, 5.74) is 0.340. The van der Waals surface area contributed by atoms with E-state index in [2.05, 4.69) is 5.32 Å². The van der Waals surface area contributed by atoms with Gasteiger partial charge in [0, 0.05) is 32.6 Å². The molecule has 15 heavy (non-hydrogen) atoms. The fourth-order valence-corrected chi connectivity index (χ4v) is 1.75. The first-order chi connectivity index (χ1) is 7.22. The molecule has 1 rings (SSSR count). The number of amides is 1. The number of carbonyl (C=O) groups excluding carboxylic acids is 1. The Kier molecular flexibility index (Phi) is 5.40. The largest absolute Gasteiger partial charge is 0.385 e. The van der Waals surface area contributed by atoms with Gasteiger partial charge in [0.05, 0.1) is 0 Å². The van der Waals surface area contributed by atoms with Crippen LogP contribution in [0.4, 0.5) is 0 Å². The van der Waals surface area contributed by atoms with Crippen molar-refractivity contribution in [2.75, 3.05) is 26.1 Å². The lowest BCUT2D eigenvalue weighted by Gasteiger charge is -2.15. The molecule has 0 aromatic carbocycles. The molecule has 1 aliphatic carbocycles. The van der Waals surface area contributed by atoms with Crippen LogP contribution in [0.5, 0.6) is 0 Å². The summed E-state index contributed by atoms with van der Waals surface area (Å²) in [6.07, 6.45) is 4.79. The van der Waals surface area contributed by atoms with Gasteiger partial charge < -0.3 is 10.1 Å². The summed E-state index contributed by atoms with van der Waals surface area (Å²) in [6, 6.07) is 0. The van der Waals surface area contributed by atoms with Crippen LogP contribution in [-0.2, 0) is 9.53 Å². The number of hydrogen-bond acceptors (Lipinski definition) is 2. The first-order valence-corrected chi connectivity index (χ1v) is 6.07. The van der Waals surface area contributed by atoms with Crippen molar-refractivity contribution in [1.82, 2.24) is 5.32 Å². The van der Waals surface area contributed by atoms with Crippen molar-refractivity contribution in [3.63, 3.8) is 0 Å². The summed E-state index contributed by atoms with van der Waals surface area (Å²) in [5, 5.41) is 2.98. The van der Waals surface area contributed by atoms with E-state index in [0.29, 0.717) is 17.7 Å². The molecule has 0 saturated heterocycles. The van der Waals surface area contributed by atoms with Crippen LogP contribution in [0, 0.1) is 5.41 Å². The summed E-state index contributed by atoms with van der Waals surface area (Å²) in [4.78, 5) is 11.3. The Bertz CT molecular complexity index is 205. The smallest absolute Gasteiger partial charge is 0.220 e. The Hall–Kier alpha value is -0.280. The van der Waals surface area contributed by atoms with Crippen LogP contribution in [0.2, 0.25) is 0 Å². The summed E-state index contributed by atoms with van der Waals surface area (Å²) < 4.78 is 5.06. The van der Waals surface area contributed by atoms with E-state index in [0.717, 1.165) is 26.0 Å². The summed E-state index contributed by atoms with van der Waals surface area (Å²) in [7, 11) is 1.72. The van der Waals surface area contributed by atoms with Crippen LogP contribution in [-0.4, -0.2) is 32.0 Å². The molecule has 0 spiro atoms. The number of rotatable bonds is 8. The molecular formula is C11H20ClNO2. The second-order valence-corrected chi connectivity index (χ2v) is 4.69. The third-order valence-corrected chi connectivity index (χ3v) is 3.26. The van der Waals surface area contributed by atoms with Crippen molar-refractivity contribution in [3.05, 3.63) is 0 Å². The van der Waals surface area contributed by atoms with E-state index in [1.165, 1.54) is 12.8 Å². The highest BCUT2D eigenvalue weighted by molar-refractivity contribution is 6.17. The van der Waals surface area contributed by atoms with Crippen LogP contribution in [0.25, 0.3) is 0 Å².